The highest BCUT2D eigenvalue weighted by Gasteiger charge is 2.28. The highest BCUT2D eigenvalue weighted by atomic mass is 16.5. The highest BCUT2D eigenvalue weighted by Crippen LogP contribution is 2.32. The molecule has 2 rings (SSSR count). The average Bonchev–Trinajstić information content (AvgIpc) is 2.55. The summed E-state index contributed by atoms with van der Waals surface area (Å²) in [6.07, 6.45) is 1.89. The number of nitrogens with one attached hydrogen (secondary N) is 1. The summed E-state index contributed by atoms with van der Waals surface area (Å²) in [6, 6.07) is 6.24. The molecular formula is C17H26N2O3. The van der Waals surface area contributed by atoms with Gasteiger partial charge in [0, 0.05) is 19.6 Å². The molecule has 22 heavy (non-hydrogen) atoms. The fraction of sp³-hybridized carbons (Fsp3) is 0.588. The Bertz CT molecular complexity index is 505. The number of benzene rings is 1. The largest absolute Gasteiger partial charge is 0.495 e. The van der Waals surface area contributed by atoms with E-state index in [4.69, 9.17) is 9.47 Å². The number of hydrogen-bond donors (Lipinski definition) is 1. The smallest absolute Gasteiger partial charge is 0.310 e. The van der Waals surface area contributed by atoms with Crippen LogP contribution in [0.1, 0.15) is 25.3 Å². The van der Waals surface area contributed by atoms with Crippen molar-refractivity contribution in [1.82, 2.24) is 5.32 Å². The van der Waals surface area contributed by atoms with Gasteiger partial charge in [0.05, 0.1) is 25.3 Å². The van der Waals surface area contributed by atoms with Crippen LogP contribution in [0.25, 0.3) is 0 Å². The Morgan fingerprint density at radius 2 is 2.27 bits per heavy atom. The predicted molar refractivity (Wildman–Crippen MR) is 87.3 cm³/mol. The van der Waals surface area contributed by atoms with Gasteiger partial charge in [-0.05, 0) is 44.5 Å². The Hall–Kier alpha value is -1.75. The summed E-state index contributed by atoms with van der Waals surface area (Å²) in [5.41, 5.74) is 2.23. The van der Waals surface area contributed by atoms with E-state index in [0.717, 1.165) is 37.4 Å². The first-order valence-electron chi connectivity index (χ1n) is 7.92. The van der Waals surface area contributed by atoms with E-state index in [1.165, 1.54) is 5.56 Å². The van der Waals surface area contributed by atoms with Crippen molar-refractivity contribution in [1.29, 1.82) is 0 Å². The van der Waals surface area contributed by atoms with Crippen molar-refractivity contribution in [3.05, 3.63) is 23.8 Å². The molecule has 1 saturated heterocycles. The van der Waals surface area contributed by atoms with E-state index in [1.54, 1.807) is 7.11 Å². The molecule has 5 heteroatoms. The molecule has 1 aliphatic rings. The highest BCUT2D eigenvalue weighted by molar-refractivity contribution is 5.74. The molecule has 1 heterocycles. The van der Waals surface area contributed by atoms with E-state index < -0.39 is 0 Å². The minimum atomic E-state index is -0.0852. The van der Waals surface area contributed by atoms with Gasteiger partial charge in [0.2, 0.25) is 0 Å². The van der Waals surface area contributed by atoms with Crippen molar-refractivity contribution in [3.8, 4) is 5.75 Å². The van der Waals surface area contributed by atoms with E-state index in [0.29, 0.717) is 13.2 Å². The Morgan fingerprint density at radius 3 is 2.95 bits per heavy atom. The number of carbonyl (C=O) groups is 1. The average molecular weight is 306 g/mol. The van der Waals surface area contributed by atoms with Crippen molar-refractivity contribution < 1.29 is 14.3 Å². The van der Waals surface area contributed by atoms with Gasteiger partial charge in [0.1, 0.15) is 5.75 Å². The second-order valence-corrected chi connectivity index (χ2v) is 5.57. The Morgan fingerprint density at radius 1 is 1.45 bits per heavy atom. The van der Waals surface area contributed by atoms with Crippen molar-refractivity contribution in [2.75, 3.05) is 38.8 Å². The molecule has 0 amide bonds. The Balaban J connectivity index is 2.14. The Kier molecular flexibility index (Phi) is 6.07. The van der Waals surface area contributed by atoms with Crippen molar-refractivity contribution >= 4 is 11.7 Å². The molecule has 0 aliphatic carbocycles. The van der Waals surface area contributed by atoms with Crippen LogP contribution in [0.3, 0.4) is 0 Å². The molecule has 1 N–H and O–H groups in total. The molecule has 122 valence electrons. The predicted octanol–water partition coefficient (Wildman–Crippen LogP) is 2.19. The SMILES string of the molecule is CCOC(=O)C1CCCN(c2ccc(CNC)cc2OC)C1. The quantitative estimate of drug-likeness (QED) is 0.817. The number of methoxy groups -OCH3 is 1. The van der Waals surface area contributed by atoms with Crippen molar-refractivity contribution in [2.24, 2.45) is 5.92 Å². The lowest BCUT2D eigenvalue weighted by Gasteiger charge is -2.34. The molecule has 5 nitrogen and oxygen atoms in total. The molecule has 1 aromatic rings. The van der Waals surface area contributed by atoms with E-state index in [2.05, 4.69) is 28.4 Å². The molecule has 1 aromatic carbocycles. The van der Waals surface area contributed by atoms with Crippen LogP contribution in [0.4, 0.5) is 5.69 Å². The third-order valence-electron chi connectivity index (χ3n) is 4.01. The zero-order valence-electron chi connectivity index (χ0n) is 13.7. The number of anilines is 1. The maximum Gasteiger partial charge on any atom is 0.310 e. The van der Waals surface area contributed by atoms with Crippen LogP contribution in [0, 0.1) is 5.92 Å². The van der Waals surface area contributed by atoms with Gasteiger partial charge in [-0.25, -0.2) is 0 Å². The lowest BCUT2D eigenvalue weighted by atomic mass is 9.97. The van der Waals surface area contributed by atoms with Gasteiger partial charge in [-0.1, -0.05) is 6.07 Å². The number of piperidine rings is 1. The maximum absolute atomic E-state index is 12.0. The molecule has 0 spiro atoms. The number of carbonyl (C=O) groups excluding carboxylic acids is 1. The van der Waals surface area contributed by atoms with Crippen LogP contribution >= 0.6 is 0 Å². The van der Waals surface area contributed by atoms with Gasteiger partial charge >= 0.3 is 5.97 Å². The van der Waals surface area contributed by atoms with Crippen LogP contribution in [0.5, 0.6) is 5.75 Å². The van der Waals surface area contributed by atoms with Crippen molar-refractivity contribution in [2.45, 2.75) is 26.3 Å². The van der Waals surface area contributed by atoms with E-state index in [1.807, 2.05) is 14.0 Å². The lowest BCUT2D eigenvalue weighted by molar-refractivity contribution is -0.148. The normalized spacial score (nSPS) is 18.1. The summed E-state index contributed by atoms with van der Waals surface area (Å²) in [5, 5.41) is 3.14. The van der Waals surface area contributed by atoms with Crippen molar-refractivity contribution in [3.63, 3.8) is 0 Å². The van der Waals surface area contributed by atoms with Gasteiger partial charge in [-0.2, -0.15) is 0 Å². The third kappa shape index (κ3) is 3.91. The molecule has 0 bridgehead atoms. The second-order valence-electron chi connectivity index (χ2n) is 5.57. The van der Waals surface area contributed by atoms with Gasteiger partial charge in [-0.3, -0.25) is 4.79 Å². The van der Waals surface area contributed by atoms with E-state index in [-0.39, 0.29) is 11.9 Å². The maximum atomic E-state index is 12.0. The zero-order valence-corrected chi connectivity index (χ0v) is 13.7. The second kappa shape index (κ2) is 8.03. The number of ether oxygens (including phenoxy) is 2. The van der Waals surface area contributed by atoms with E-state index >= 15 is 0 Å². The van der Waals surface area contributed by atoms with Crippen LogP contribution in [-0.4, -0.2) is 39.8 Å². The summed E-state index contributed by atoms with van der Waals surface area (Å²) >= 11 is 0. The van der Waals surface area contributed by atoms with Crippen LogP contribution < -0.4 is 15.0 Å². The summed E-state index contributed by atoms with van der Waals surface area (Å²) in [6.45, 7) is 4.74. The van der Waals surface area contributed by atoms with Gasteiger partial charge in [0.15, 0.2) is 0 Å². The fourth-order valence-corrected chi connectivity index (χ4v) is 2.95. The third-order valence-corrected chi connectivity index (χ3v) is 4.01. The first-order chi connectivity index (χ1) is 10.7. The molecule has 1 unspecified atom stereocenters. The zero-order chi connectivity index (χ0) is 15.9. The first kappa shape index (κ1) is 16.6. The summed E-state index contributed by atoms with van der Waals surface area (Å²) in [5.74, 6) is 0.727. The minimum Gasteiger partial charge on any atom is -0.495 e. The van der Waals surface area contributed by atoms with Crippen LogP contribution in [-0.2, 0) is 16.1 Å². The first-order valence-corrected chi connectivity index (χ1v) is 7.92. The number of hydrogen-bond acceptors (Lipinski definition) is 5. The molecule has 0 saturated carbocycles. The number of esters is 1. The van der Waals surface area contributed by atoms with E-state index in [9.17, 15) is 4.79 Å². The number of nitrogens with zero attached hydrogens (tertiary/aromatic N) is 1. The standard InChI is InChI=1S/C17H26N2O3/c1-4-22-17(20)14-6-5-9-19(12-14)15-8-7-13(11-18-2)10-16(15)21-3/h7-8,10,14,18H,4-6,9,11-12H2,1-3H3. The minimum absolute atomic E-state index is 0.0459. The van der Waals surface area contributed by atoms with Crippen LogP contribution in [0.15, 0.2) is 18.2 Å². The lowest BCUT2D eigenvalue weighted by Crippen LogP contribution is -2.39. The van der Waals surface area contributed by atoms with Gasteiger partial charge in [-0.15, -0.1) is 0 Å². The summed E-state index contributed by atoms with van der Waals surface area (Å²) in [4.78, 5) is 14.2. The molecule has 0 aromatic heterocycles. The van der Waals surface area contributed by atoms with Gasteiger partial charge < -0.3 is 19.7 Å². The molecule has 1 atom stereocenters. The Labute approximate surface area is 132 Å². The molecule has 1 aliphatic heterocycles. The van der Waals surface area contributed by atoms with Gasteiger partial charge in [0.25, 0.3) is 0 Å². The monoisotopic (exact) mass is 306 g/mol. The van der Waals surface area contributed by atoms with Crippen LogP contribution in [0.2, 0.25) is 0 Å². The molecule has 1 fully saturated rings. The molecular weight excluding hydrogens is 280 g/mol. The topological polar surface area (TPSA) is 50.8 Å². The number of rotatable bonds is 6. The molecule has 0 radical (unpaired) electrons. The fourth-order valence-electron chi connectivity index (χ4n) is 2.95. The summed E-state index contributed by atoms with van der Waals surface area (Å²) in [7, 11) is 3.61. The summed E-state index contributed by atoms with van der Waals surface area (Å²) < 4.78 is 10.7.